The van der Waals surface area contributed by atoms with Crippen LogP contribution in [0.25, 0.3) is 0 Å². The van der Waals surface area contributed by atoms with Crippen molar-refractivity contribution in [2.75, 3.05) is 6.54 Å². The molecule has 2 aliphatic rings. The molecule has 0 radical (unpaired) electrons. The molecular formula is C16H20ClNO2. The number of rotatable bonds is 3. The largest absolute Gasteiger partial charge is 0.480 e. The van der Waals surface area contributed by atoms with E-state index in [1.165, 1.54) is 0 Å². The van der Waals surface area contributed by atoms with Crippen LogP contribution in [-0.4, -0.2) is 23.9 Å². The zero-order chi connectivity index (χ0) is 13.9. The van der Waals surface area contributed by atoms with Crippen LogP contribution in [0.4, 0.5) is 0 Å². The van der Waals surface area contributed by atoms with Gasteiger partial charge in [0.25, 0.3) is 5.91 Å². The summed E-state index contributed by atoms with van der Waals surface area (Å²) in [6.45, 7) is 0.749. The van der Waals surface area contributed by atoms with Gasteiger partial charge in [0.15, 0.2) is 6.10 Å². The fraction of sp³-hybridized carbons (Fsp3) is 0.562. The van der Waals surface area contributed by atoms with E-state index < -0.39 is 0 Å². The van der Waals surface area contributed by atoms with E-state index in [2.05, 4.69) is 5.32 Å². The fourth-order valence-electron chi connectivity index (χ4n) is 3.01. The lowest BCUT2D eigenvalue weighted by molar-refractivity contribution is -0.127. The second-order valence-electron chi connectivity index (χ2n) is 5.78. The molecule has 3 rings (SSSR count). The molecule has 4 heteroatoms. The number of ether oxygens (including phenoxy) is 1. The molecule has 20 heavy (non-hydrogen) atoms. The van der Waals surface area contributed by atoms with Crippen molar-refractivity contribution in [1.29, 1.82) is 0 Å². The van der Waals surface area contributed by atoms with Gasteiger partial charge in [-0.3, -0.25) is 4.79 Å². The zero-order valence-electron chi connectivity index (χ0n) is 11.5. The SMILES string of the molecule is O=C(NCC1CCC(Cl)CC1)C1Cc2ccccc2O1. The van der Waals surface area contributed by atoms with E-state index in [1.807, 2.05) is 24.3 Å². The number of fused-ring (bicyclic) bond motifs is 1. The van der Waals surface area contributed by atoms with E-state index in [9.17, 15) is 4.79 Å². The summed E-state index contributed by atoms with van der Waals surface area (Å²) in [6.07, 6.45) is 4.66. The van der Waals surface area contributed by atoms with Crippen molar-refractivity contribution in [3.63, 3.8) is 0 Å². The highest BCUT2D eigenvalue weighted by molar-refractivity contribution is 6.20. The van der Waals surface area contributed by atoms with Gasteiger partial charge in [0.05, 0.1) is 0 Å². The quantitative estimate of drug-likeness (QED) is 0.870. The van der Waals surface area contributed by atoms with Crippen LogP contribution >= 0.6 is 11.6 Å². The Hall–Kier alpha value is -1.22. The molecular weight excluding hydrogens is 274 g/mol. The maximum atomic E-state index is 12.2. The minimum absolute atomic E-state index is 0.00852. The third kappa shape index (κ3) is 3.09. The molecule has 1 amide bonds. The van der Waals surface area contributed by atoms with Crippen LogP contribution in [0.5, 0.6) is 5.75 Å². The van der Waals surface area contributed by atoms with E-state index >= 15 is 0 Å². The van der Waals surface area contributed by atoms with Gasteiger partial charge >= 0.3 is 0 Å². The molecule has 1 fully saturated rings. The average Bonchev–Trinajstić information content (AvgIpc) is 2.90. The van der Waals surface area contributed by atoms with Crippen molar-refractivity contribution in [3.05, 3.63) is 29.8 Å². The molecule has 1 aromatic rings. The zero-order valence-corrected chi connectivity index (χ0v) is 12.2. The lowest BCUT2D eigenvalue weighted by Gasteiger charge is -2.25. The first-order chi connectivity index (χ1) is 9.72. The molecule has 1 atom stereocenters. The number of amides is 1. The number of carbonyl (C=O) groups excluding carboxylic acids is 1. The van der Waals surface area contributed by atoms with Crippen molar-refractivity contribution >= 4 is 17.5 Å². The minimum atomic E-state index is -0.364. The topological polar surface area (TPSA) is 38.3 Å². The van der Waals surface area contributed by atoms with Gasteiger partial charge in [-0.1, -0.05) is 18.2 Å². The first-order valence-corrected chi connectivity index (χ1v) is 7.82. The molecule has 108 valence electrons. The van der Waals surface area contributed by atoms with Gasteiger partial charge in [0, 0.05) is 18.3 Å². The van der Waals surface area contributed by atoms with Gasteiger partial charge < -0.3 is 10.1 Å². The standard InChI is InChI=1S/C16H20ClNO2/c17-13-7-5-11(6-8-13)10-18-16(19)15-9-12-3-1-2-4-14(12)20-15/h1-4,11,13,15H,5-10H2,(H,18,19). The highest BCUT2D eigenvalue weighted by Gasteiger charge is 2.29. The number of halogens is 1. The first-order valence-electron chi connectivity index (χ1n) is 7.38. The van der Waals surface area contributed by atoms with Gasteiger partial charge in [0.1, 0.15) is 5.75 Å². The predicted molar refractivity (Wildman–Crippen MR) is 79.2 cm³/mol. The second kappa shape index (κ2) is 6.04. The molecule has 1 aliphatic carbocycles. The Morgan fingerprint density at radius 3 is 2.75 bits per heavy atom. The normalized spacial score (nSPS) is 28.6. The third-order valence-corrected chi connectivity index (χ3v) is 4.72. The van der Waals surface area contributed by atoms with Gasteiger partial charge in [-0.15, -0.1) is 11.6 Å². The molecule has 1 heterocycles. The molecule has 1 unspecified atom stereocenters. The monoisotopic (exact) mass is 293 g/mol. The van der Waals surface area contributed by atoms with E-state index in [1.54, 1.807) is 0 Å². The van der Waals surface area contributed by atoms with Crippen LogP contribution in [0.2, 0.25) is 0 Å². The molecule has 0 spiro atoms. The molecule has 1 aliphatic heterocycles. The van der Waals surface area contributed by atoms with Crippen molar-refractivity contribution in [2.24, 2.45) is 5.92 Å². The Kier molecular flexibility index (Phi) is 4.16. The van der Waals surface area contributed by atoms with E-state index in [-0.39, 0.29) is 12.0 Å². The van der Waals surface area contributed by atoms with Crippen LogP contribution in [0.15, 0.2) is 24.3 Å². The predicted octanol–water partition coefficient (Wildman–Crippen LogP) is 2.90. The molecule has 3 nitrogen and oxygen atoms in total. The summed E-state index contributed by atoms with van der Waals surface area (Å²) in [5, 5.41) is 3.37. The van der Waals surface area contributed by atoms with E-state index in [0.29, 0.717) is 17.7 Å². The molecule has 0 bridgehead atoms. The molecule has 1 aromatic carbocycles. The Morgan fingerprint density at radius 1 is 1.25 bits per heavy atom. The average molecular weight is 294 g/mol. The number of hydrogen-bond acceptors (Lipinski definition) is 2. The van der Waals surface area contributed by atoms with Crippen molar-refractivity contribution in [3.8, 4) is 5.75 Å². The first kappa shape index (κ1) is 13.7. The summed E-state index contributed by atoms with van der Waals surface area (Å²) >= 11 is 6.09. The maximum Gasteiger partial charge on any atom is 0.261 e. The highest BCUT2D eigenvalue weighted by Crippen LogP contribution is 2.29. The number of hydrogen-bond donors (Lipinski definition) is 1. The van der Waals surface area contributed by atoms with Gasteiger partial charge in [-0.05, 0) is 43.2 Å². The molecule has 0 saturated heterocycles. The van der Waals surface area contributed by atoms with Gasteiger partial charge in [-0.25, -0.2) is 0 Å². The summed E-state index contributed by atoms with van der Waals surface area (Å²) in [5.74, 6) is 1.42. The Bertz CT molecular complexity index is 458. The molecule has 1 N–H and O–H groups in total. The number of para-hydroxylation sites is 1. The summed E-state index contributed by atoms with van der Waals surface area (Å²) in [7, 11) is 0. The second-order valence-corrected chi connectivity index (χ2v) is 6.40. The van der Waals surface area contributed by atoms with Gasteiger partial charge in [0.2, 0.25) is 0 Å². The summed E-state index contributed by atoms with van der Waals surface area (Å²) < 4.78 is 5.69. The van der Waals surface area contributed by atoms with Crippen LogP contribution in [0, 0.1) is 5.92 Å². The minimum Gasteiger partial charge on any atom is -0.480 e. The summed E-state index contributed by atoms with van der Waals surface area (Å²) in [4.78, 5) is 12.2. The highest BCUT2D eigenvalue weighted by atomic mass is 35.5. The van der Waals surface area contributed by atoms with Crippen LogP contribution in [0.3, 0.4) is 0 Å². The molecule has 1 saturated carbocycles. The molecule has 0 aromatic heterocycles. The summed E-state index contributed by atoms with van der Waals surface area (Å²) in [6, 6.07) is 7.85. The van der Waals surface area contributed by atoms with Gasteiger partial charge in [-0.2, -0.15) is 0 Å². The van der Waals surface area contributed by atoms with E-state index in [4.69, 9.17) is 16.3 Å². The van der Waals surface area contributed by atoms with Crippen molar-refractivity contribution in [2.45, 2.75) is 43.6 Å². The number of alkyl halides is 1. The maximum absolute atomic E-state index is 12.2. The number of benzene rings is 1. The van der Waals surface area contributed by atoms with Crippen LogP contribution in [0.1, 0.15) is 31.2 Å². The Morgan fingerprint density at radius 2 is 2.00 bits per heavy atom. The third-order valence-electron chi connectivity index (χ3n) is 4.28. The van der Waals surface area contributed by atoms with Crippen LogP contribution < -0.4 is 10.1 Å². The number of nitrogens with one attached hydrogen (secondary N) is 1. The Balaban J connectivity index is 1.47. The van der Waals surface area contributed by atoms with Crippen molar-refractivity contribution < 1.29 is 9.53 Å². The lowest BCUT2D eigenvalue weighted by Crippen LogP contribution is -2.40. The fourth-order valence-corrected chi connectivity index (χ4v) is 3.26. The lowest BCUT2D eigenvalue weighted by atomic mass is 9.89. The summed E-state index contributed by atoms with van der Waals surface area (Å²) in [5.41, 5.74) is 1.12. The number of carbonyl (C=O) groups is 1. The smallest absolute Gasteiger partial charge is 0.261 e. The van der Waals surface area contributed by atoms with E-state index in [0.717, 1.165) is 43.5 Å². The van der Waals surface area contributed by atoms with Crippen LogP contribution in [-0.2, 0) is 11.2 Å². The Labute approximate surface area is 124 Å². The van der Waals surface area contributed by atoms with Crippen molar-refractivity contribution in [1.82, 2.24) is 5.32 Å².